The number of unbranched alkanes of at least 4 members (excludes halogenated alkanes) is 18. The van der Waals surface area contributed by atoms with E-state index >= 15 is 0 Å². The number of esters is 2. The van der Waals surface area contributed by atoms with E-state index in [4.69, 9.17) is 24.8 Å². The summed E-state index contributed by atoms with van der Waals surface area (Å²) in [4.78, 5) is 45.9. The number of phosphoric ester groups is 1. The molecule has 0 saturated heterocycles. The van der Waals surface area contributed by atoms with Crippen LogP contribution in [0.3, 0.4) is 0 Å². The zero-order chi connectivity index (χ0) is 41.4. The number of carboxylic acid groups (broad SMARTS) is 1. The highest BCUT2D eigenvalue weighted by Crippen LogP contribution is 2.43. The quantitative estimate of drug-likeness (QED) is 0.0233. The molecular formula is C44H78NO10P. The summed E-state index contributed by atoms with van der Waals surface area (Å²) in [7, 11) is -4.73. The van der Waals surface area contributed by atoms with Crippen molar-refractivity contribution in [2.75, 3.05) is 19.8 Å². The lowest BCUT2D eigenvalue weighted by Crippen LogP contribution is -2.34. The zero-order valence-electron chi connectivity index (χ0n) is 35.0. The van der Waals surface area contributed by atoms with Gasteiger partial charge in [0.1, 0.15) is 12.6 Å². The number of hydrogen-bond acceptors (Lipinski definition) is 9. The van der Waals surface area contributed by atoms with Gasteiger partial charge in [-0.25, -0.2) is 4.57 Å². The van der Waals surface area contributed by atoms with Crippen LogP contribution in [-0.2, 0) is 37.5 Å². The molecule has 0 aliphatic carbocycles. The molecule has 0 aliphatic rings. The molecule has 0 aliphatic heterocycles. The number of rotatable bonds is 40. The molecule has 3 atom stereocenters. The van der Waals surface area contributed by atoms with E-state index in [0.717, 1.165) is 57.8 Å². The van der Waals surface area contributed by atoms with E-state index in [-0.39, 0.29) is 19.4 Å². The van der Waals surface area contributed by atoms with Gasteiger partial charge in [-0.1, -0.05) is 152 Å². The monoisotopic (exact) mass is 812 g/mol. The van der Waals surface area contributed by atoms with Crippen LogP contribution in [0.5, 0.6) is 0 Å². The van der Waals surface area contributed by atoms with Crippen molar-refractivity contribution in [1.82, 2.24) is 0 Å². The molecule has 0 aromatic rings. The predicted molar refractivity (Wildman–Crippen MR) is 226 cm³/mol. The van der Waals surface area contributed by atoms with E-state index in [9.17, 15) is 23.8 Å². The Bertz CT molecular complexity index is 1140. The van der Waals surface area contributed by atoms with Crippen molar-refractivity contribution in [3.8, 4) is 0 Å². The van der Waals surface area contributed by atoms with Gasteiger partial charge in [0.2, 0.25) is 0 Å². The molecule has 0 aromatic heterocycles. The summed E-state index contributed by atoms with van der Waals surface area (Å²) in [6.45, 7) is 2.71. The first-order valence-corrected chi connectivity index (χ1v) is 23.2. The van der Waals surface area contributed by atoms with Gasteiger partial charge in [0.05, 0.1) is 13.2 Å². The minimum Gasteiger partial charge on any atom is -0.480 e. The molecule has 0 spiro atoms. The molecule has 0 aromatic carbocycles. The van der Waals surface area contributed by atoms with Crippen LogP contribution in [0.15, 0.2) is 48.6 Å². The number of carbonyl (C=O) groups is 3. The van der Waals surface area contributed by atoms with Crippen molar-refractivity contribution >= 4 is 25.7 Å². The van der Waals surface area contributed by atoms with Crippen molar-refractivity contribution in [3.63, 3.8) is 0 Å². The van der Waals surface area contributed by atoms with Crippen LogP contribution in [0.25, 0.3) is 0 Å². The Hall–Kier alpha value is -2.56. The van der Waals surface area contributed by atoms with Crippen molar-refractivity contribution in [1.29, 1.82) is 0 Å². The van der Waals surface area contributed by atoms with Gasteiger partial charge >= 0.3 is 25.7 Å². The maximum Gasteiger partial charge on any atom is 0.472 e. The Labute approximate surface area is 339 Å². The van der Waals surface area contributed by atoms with Crippen LogP contribution < -0.4 is 5.73 Å². The third-order valence-corrected chi connectivity index (χ3v) is 10.0. The third-order valence-electron chi connectivity index (χ3n) is 9.06. The maximum absolute atomic E-state index is 12.6. The summed E-state index contributed by atoms with van der Waals surface area (Å²) in [6.07, 6.45) is 43.3. The highest BCUT2D eigenvalue weighted by atomic mass is 31.2. The first-order valence-electron chi connectivity index (χ1n) is 21.7. The molecule has 324 valence electrons. The molecule has 56 heavy (non-hydrogen) atoms. The fourth-order valence-electron chi connectivity index (χ4n) is 5.62. The molecule has 0 heterocycles. The van der Waals surface area contributed by atoms with Gasteiger partial charge in [-0.05, 0) is 64.2 Å². The summed E-state index contributed by atoms with van der Waals surface area (Å²) in [5, 5.41) is 8.88. The van der Waals surface area contributed by atoms with Crippen molar-refractivity contribution in [2.45, 2.75) is 193 Å². The Kier molecular flexibility index (Phi) is 37.5. The summed E-state index contributed by atoms with van der Waals surface area (Å²) in [5.41, 5.74) is 5.33. The van der Waals surface area contributed by atoms with Crippen LogP contribution in [0.4, 0.5) is 0 Å². The van der Waals surface area contributed by atoms with Crippen LogP contribution in [-0.4, -0.2) is 59.9 Å². The second-order valence-corrected chi connectivity index (χ2v) is 15.9. The maximum atomic E-state index is 12.6. The molecule has 1 unspecified atom stereocenters. The summed E-state index contributed by atoms with van der Waals surface area (Å²) < 4.78 is 32.6. The van der Waals surface area contributed by atoms with Gasteiger partial charge in [-0.2, -0.15) is 0 Å². The van der Waals surface area contributed by atoms with Crippen LogP contribution >= 0.6 is 7.82 Å². The Morgan fingerprint density at radius 3 is 1.54 bits per heavy atom. The molecular weight excluding hydrogens is 733 g/mol. The Morgan fingerprint density at radius 2 is 0.982 bits per heavy atom. The number of aliphatic carboxylic acids is 1. The molecule has 11 nitrogen and oxygen atoms in total. The van der Waals surface area contributed by atoms with Gasteiger partial charge in [-0.15, -0.1) is 0 Å². The zero-order valence-corrected chi connectivity index (χ0v) is 35.9. The molecule has 0 saturated carbocycles. The number of ether oxygens (including phenoxy) is 2. The fraction of sp³-hybridized carbons (Fsp3) is 0.750. The fourth-order valence-corrected chi connectivity index (χ4v) is 6.40. The van der Waals surface area contributed by atoms with E-state index in [2.05, 4.69) is 60.9 Å². The average Bonchev–Trinajstić information content (AvgIpc) is 3.17. The average molecular weight is 812 g/mol. The van der Waals surface area contributed by atoms with Crippen LogP contribution in [0, 0.1) is 0 Å². The second-order valence-electron chi connectivity index (χ2n) is 14.5. The highest BCUT2D eigenvalue weighted by Gasteiger charge is 2.28. The van der Waals surface area contributed by atoms with Gasteiger partial charge in [-0.3, -0.25) is 23.4 Å². The van der Waals surface area contributed by atoms with Crippen LogP contribution in [0.1, 0.15) is 181 Å². The third kappa shape index (κ3) is 38.3. The first-order chi connectivity index (χ1) is 27.1. The molecule has 0 bridgehead atoms. The number of hydrogen-bond donors (Lipinski definition) is 3. The van der Waals surface area contributed by atoms with Gasteiger partial charge < -0.3 is 25.2 Å². The molecule has 0 rings (SSSR count). The molecule has 0 radical (unpaired) electrons. The van der Waals surface area contributed by atoms with E-state index in [1.165, 1.54) is 83.5 Å². The number of allylic oxidation sites excluding steroid dienone is 8. The van der Waals surface area contributed by atoms with E-state index in [1.54, 1.807) is 0 Å². The Morgan fingerprint density at radius 1 is 0.554 bits per heavy atom. The van der Waals surface area contributed by atoms with Gasteiger partial charge in [0.25, 0.3) is 0 Å². The van der Waals surface area contributed by atoms with Crippen molar-refractivity contribution < 1.29 is 47.5 Å². The molecule has 0 amide bonds. The number of carbonyl (C=O) groups excluding carboxylic acids is 2. The topological polar surface area (TPSA) is 172 Å². The van der Waals surface area contributed by atoms with Crippen molar-refractivity contribution in [3.05, 3.63) is 48.6 Å². The van der Waals surface area contributed by atoms with E-state index in [0.29, 0.717) is 12.8 Å². The van der Waals surface area contributed by atoms with Crippen molar-refractivity contribution in [2.24, 2.45) is 5.73 Å². The highest BCUT2D eigenvalue weighted by molar-refractivity contribution is 7.47. The molecule has 12 heteroatoms. The lowest BCUT2D eigenvalue weighted by atomic mass is 10.1. The lowest BCUT2D eigenvalue weighted by Gasteiger charge is -2.20. The summed E-state index contributed by atoms with van der Waals surface area (Å²) >= 11 is 0. The minimum atomic E-state index is -4.73. The minimum absolute atomic E-state index is 0.128. The van der Waals surface area contributed by atoms with Gasteiger partial charge in [0.15, 0.2) is 6.10 Å². The smallest absolute Gasteiger partial charge is 0.472 e. The van der Waals surface area contributed by atoms with Gasteiger partial charge in [0, 0.05) is 12.8 Å². The first kappa shape index (κ1) is 53.4. The number of carboxylic acids is 1. The second kappa shape index (κ2) is 39.3. The largest absolute Gasteiger partial charge is 0.480 e. The molecule has 4 N–H and O–H groups in total. The summed E-state index contributed by atoms with van der Waals surface area (Å²) in [5.74, 6) is -2.47. The molecule has 0 fully saturated rings. The standard InChI is InChI=1S/C44H78NO10P/c1-3-5-7-9-11-13-15-17-19-20-22-24-26-28-30-32-34-36-43(47)55-40(38-53-56(50,51)54-39-41(45)44(48)49)37-52-42(46)35-33-31-29-27-25-23-21-18-16-14-12-10-8-6-4-2/h11,13,17,19,22,24,29,31,40-41H,3-10,12,14-16,18,20-21,23,25-28,30,32-39,45H2,1-2H3,(H,48,49)(H,50,51)/b13-11+,19-17+,24-22+,31-29+/t40-,41+/m1/s1. The lowest BCUT2D eigenvalue weighted by molar-refractivity contribution is -0.161. The number of nitrogens with two attached hydrogens (primary N) is 1. The van der Waals surface area contributed by atoms with Crippen LogP contribution in [0.2, 0.25) is 0 Å². The normalized spacial score (nSPS) is 14.2. The SMILES string of the molecule is CCCCC/C=C/C/C=C/C/C=C/CCCCCCC(=O)O[C@H](COC(=O)CC/C=C/CCCCCCCCCCCCC)COP(=O)(O)OC[C@H](N)C(=O)O. The van der Waals surface area contributed by atoms with E-state index < -0.39 is 51.1 Å². The predicted octanol–water partition coefficient (Wildman–Crippen LogP) is 11.4. The number of phosphoric acid groups is 1. The Balaban J connectivity index is 4.46. The summed E-state index contributed by atoms with van der Waals surface area (Å²) in [6, 6.07) is -1.53. The van der Waals surface area contributed by atoms with E-state index in [1.807, 2.05) is 6.08 Å².